The second-order valence-corrected chi connectivity index (χ2v) is 7.83. The number of likely N-dealkylation sites (tertiary alicyclic amines) is 1. The summed E-state index contributed by atoms with van der Waals surface area (Å²) in [6.07, 6.45) is 2.62. The molecule has 26 heavy (non-hydrogen) atoms. The van der Waals surface area contributed by atoms with E-state index >= 15 is 0 Å². The van der Waals surface area contributed by atoms with Crippen molar-refractivity contribution in [1.82, 2.24) is 9.88 Å². The average molecular weight is 368 g/mol. The highest BCUT2D eigenvalue weighted by molar-refractivity contribution is 7.19. The summed E-state index contributed by atoms with van der Waals surface area (Å²) < 4.78 is 1.09. The number of carboxylic acids is 1. The minimum atomic E-state index is -0.985. The van der Waals surface area contributed by atoms with Gasteiger partial charge in [0.05, 0.1) is 5.69 Å². The third-order valence-electron chi connectivity index (χ3n) is 5.08. The van der Waals surface area contributed by atoms with Gasteiger partial charge in [-0.3, -0.25) is 14.7 Å². The van der Waals surface area contributed by atoms with Crippen LogP contribution in [-0.4, -0.2) is 39.2 Å². The number of fused-ring (bicyclic) bond motifs is 1. The van der Waals surface area contributed by atoms with Gasteiger partial charge in [-0.15, -0.1) is 11.3 Å². The maximum atomic E-state index is 12.0. The van der Waals surface area contributed by atoms with Crippen LogP contribution >= 0.6 is 11.3 Å². The van der Waals surface area contributed by atoms with Gasteiger partial charge in [-0.25, -0.2) is 0 Å². The van der Waals surface area contributed by atoms with Crippen molar-refractivity contribution in [3.8, 4) is 0 Å². The van der Waals surface area contributed by atoms with Gasteiger partial charge < -0.3 is 10.2 Å². The molecule has 3 heterocycles. The zero-order chi connectivity index (χ0) is 18.1. The number of hydrogen-bond acceptors (Lipinski definition) is 5. The van der Waals surface area contributed by atoms with Crippen molar-refractivity contribution in [1.29, 1.82) is 0 Å². The van der Waals surface area contributed by atoms with E-state index in [9.17, 15) is 15.0 Å². The molecule has 0 radical (unpaired) electrons. The van der Waals surface area contributed by atoms with E-state index in [0.29, 0.717) is 31.6 Å². The third-order valence-corrected chi connectivity index (χ3v) is 6.25. The fourth-order valence-corrected chi connectivity index (χ4v) is 4.83. The SMILES string of the molecule is O=C(O)C(c1cc2ccccc2s1)N1CCC(O)(c2ccccn2)CC1. The van der Waals surface area contributed by atoms with E-state index < -0.39 is 17.6 Å². The maximum Gasteiger partial charge on any atom is 0.326 e. The zero-order valence-electron chi connectivity index (χ0n) is 14.2. The summed E-state index contributed by atoms with van der Waals surface area (Å²) in [7, 11) is 0. The van der Waals surface area contributed by atoms with Crippen LogP contribution in [0.3, 0.4) is 0 Å². The van der Waals surface area contributed by atoms with E-state index in [-0.39, 0.29) is 0 Å². The second-order valence-electron chi connectivity index (χ2n) is 6.71. The molecular formula is C20H20N2O3S. The van der Waals surface area contributed by atoms with Gasteiger partial charge in [0.1, 0.15) is 11.6 Å². The molecule has 4 rings (SSSR count). The van der Waals surface area contributed by atoms with Crippen LogP contribution in [0, 0.1) is 0 Å². The second kappa shape index (κ2) is 6.79. The lowest BCUT2D eigenvalue weighted by Crippen LogP contribution is -2.46. The number of aromatic nitrogens is 1. The highest BCUT2D eigenvalue weighted by atomic mass is 32.1. The lowest BCUT2D eigenvalue weighted by Gasteiger charge is -2.39. The largest absolute Gasteiger partial charge is 0.480 e. The van der Waals surface area contributed by atoms with Crippen molar-refractivity contribution in [2.24, 2.45) is 0 Å². The molecule has 1 fully saturated rings. The highest BCUT2D eigenvalue weighted by Crippen LogP contribution is 2.38. The first kappa shape index (κ1) is 17.1. The van der Waals surface area contributed by atoms with Gasteiger partial charge in [-0.2, -0.15) is 0 Å². The average Bonchev–Trinajstić information content (AvgIpc) is 3.07. The van der Waals surface area contributed by atoms with E-state index in [1.807, 2.05) is 53.4 Å². The first-order valence-electron chi connectivity index (χ1n) is 8.66. The molecule has 1 unspecified atom stereocenters. The Morgan fingerprint density at radius 1 is 1.15 bits per heavy atom. The minimum absolute atomic E-state index is 0.471. The molecule has 134 valence electrons. The molecule has 1 aliphatic heterocycles. The summed E-state index contributed by atoms with van der Waals surface area (Å²) in [4.78, 5) is 19.1. The number of piperidine rings is 1. The predicted molar refractivity (Wildman–Crippen MR) is 101 cm³/mol. The number of thiophene rings is 1. The Morgan fingerprint density at radius 3 is 2.54 bits per heavy atom. The quantitative estimate of drug-likeness (QED) is 0.738. The van der Waals surface area contributed by atoms with Crippen molar-refractivity contribution < 1.29 is 15.0 Å². The van der Waals surface area contributed by atoms with Gasteiger partial charge in [0.2, 0.25) is 0 Å². The number of carboxylic acid groups (broad SMARTS) is 1. The van der Waals surface area contributed by atoms with Crippen LogP contribution < -0.4 is 0 Å². The summed E-state index contributed by atoms with van der Waals surface area (Å²) in [6.45, 7) is 1.02. The molecule has 6 heteroatoms. The van der Waals surface area contributed by atoms with E-state index in [1.54, 1.807) is 6.20 Å². The third kappa shape index (κ3) is 3.11. The van der Waals surface area contributed by atoms with E-state index in [4.69, 9.17) is 0 Å². The summed E-state index contributed by atoms with van der Waals surface area (Å²) >= 11 is 1.53. The molecule has 3 aromatic rings. The monoisotopic (exact) mass is 368 g/mol. The molecular weight excluding hydrogens is 348 g/mol. The molecule has 0 bridgehead atoms. The molecule has 1 atom stereocenters. The number of aliphatic hydroxyl groups is 1. The maximum absolute atomic E-state index is 12.0. The summed E-state index contributed by atoms with van der Waals surface area (Å²) in [5, 5.41) is 21.8. The Hall–Kier alpha value is -2.28. The van der Waals surface area contributed by atoms with Crippen LogP contribution in [0.4, 0.5) is 0 Å². The molecule has 2 N–H and O–H groups in total. The van der Waals surface area contributed by atoms with Gasteiger partial charge in [0.15, 0.2) is 0 Å². The van der Waals surface area contributed by atoms with Crippen molar-refractivity contribution in [3.63, 3.8) is 0 Å². The fraction of sp³-hybridized carbons (Fsp3) is 0.300. The molecule has 0 amide bonds. The van der Waals surface area contributed by atoms with E-state index in [0.717, 1.165) is 15.0 Å². The molecule has 1 aromatic carbocycles. The van der Waals surface area contributed by atoms with Gasteiger partial charge in [0.25, 0.3) is 0 Å². The van der Waals surface area contributed by atoms with Gasteiger partial charge in [-0.1, -0.05) is 24.3 Å². The zero-order valence-corrected chi connectivity index (χ0v) is 15.0. The van der Waals surface area contributed by atoms with Crippen LogP contribution in [0.2, 0.25) is 0 Å². The Kier molecular flexibility index (Phi) is 4.48. The van der Waals surface area contributed by atoms with Gasteiger partial charge >= 0.3 is 5.97 Å². The molecule has 1 saturated heterocycles. The lowest BCUT2D eigenvalue weighted by atomic mass is 9.87. The standard InChI is InChI=1S/C20H20N2O3S/c23-19(24)18(16-13-14-5-1-2-6-15(14)26-16)22-11-8-20(25,9-12-22)17-7-3-4-10-21-17/h1-7,10,13,18,25H,8-9,11-12H2,(H,23,24). The predicted octanol–water partition coefficient (Wildman–Crippen LogP) is 3.41. The van der Waals surface area contributed by atoms with Crippen LogP contribution in [-0.2, 0) is 10.4 Å². The highest BCUT2D eigenvalue weighted by Gasteiger charge is 2.39. The van der Waals surface area contributed by atoms with Crippen LogP contribution in [0.1, 0.15) is 29.5 Å². The number of rotatable bonds is 4. The molecule has 1 aliphatic rings. The van der Waals surface area contributed by atoms with Crippen LogP contribution in [0.15, 0.2) is 54.7 Å². The molecule has 0 spiro atoms. The topological polar surface area (TPSA) is 73.7 Å². The molecule has 0 aliphatic carbocycles. The van der Waals surface area contributed by atoms with Gasteiger partial charge in [-0.05, 0) is 42.5 Å². The fourth-order valence-electron chi connectivity index (χ4n) is 3.64. The van der Waals surface area contributed by atoms with Crippen molar-refractivity contribution in [2.45, 2.75) is 24.5 Å². The number of nitrogens with zero attached hydrogens (tertiary/aromatic N) is 2. The number of carbonyl (C=O) groups is 1. The Bertz CT molecular complexity index is 884. The smallest absolute Gasteiger partial charge is 0.326 e. The number of hydrogen-bond donors (Lipinski definition) is 2. The number of pyridine rings is 1. The molecule has 0 saturated carbocycles. The summed E-state index contributed by atoms with van der Waals surface area (Å²) in [6, 6.07) is 14.8. The normalized spacial score (nSPS) is 18.7. The minimum Gasteiger partial charge on any atom is -0.480 e. The van der Waals surface area contributed by atoms with Crippen LogP contribution in [0.25, 0.3) is 10.1 Å². The molecule has 5 nitrogen and oxygen atoms in total. The number of aliphatic carboxylic acids is 1. The lowest BCUT2D eigenvalue weighted by molar-refractivity contribution is -0.145. The van der Waals surface area contributed by atoms with Crippen molar-refractivity contribution >= 4 is 27.4 Å². The van der Waals surface area contributed by atoms with E-state index in [1.165, 1.54) is 11.3 Å². The Morgan fingerprint density at radius 2 is 1.88 bits per heavy atom. The Labute approximate surface area is 155 Å². The van der Waals surface area contributed by atoms with E-state index in [2.05, 4.69) is 4.98 Å². The van der Waals surface area contributed by atoms with Gasteiger partial charge in [0, 0.05) is 28.9 Å². The Balaban J connectivity index is 1.57. The number of benzene rings is 1. The first-order chi connectivity index (χ1) is 12.6. The molecule has 2 aromatic heterocycles. The van der Waals surface area contributed by atoms with Crippen LogP contribution in [0.5, 0.6) is 0 Å². The first-order valence-corrected chi connectivity index (χ1v) is 9.48. The summed E-state index contributed by atoms with van der Waals surface area (Å²) in [5.41, 5.74) is -0.325. The van der Waals surface area contributed by atoms with Crippen molar-refractivity contribution in [3.05, 3.63) is 65.3 Å². The van der Waals surface area contributed by atoms with Crippen molar-refractivity contribution in [2.75, 3.05) is 13.1 Å². The summed E-state index contributed by atoms with van der Waals surface area (Å²) in [5.74, 6) is -0.847.